The van der Waals surface area contributed by atoms with Crippen molar-refractivity contribution >= 4 is 16.9 Å². The van der Waals surface area contributed by atoms with E-state index in [-0.39, 0.29) is 6.04 Å². The summed E-state index contributed by atoms with van der Waals surface area (Å²) in [4.78, 5) is 28.2. The third kappa shape index (κ3) is 3.99. The van der Waals surface area contributed by atoms with Gasteiger partial charge in [-0.05, 0) is 25.0 Å². The van der Waals surface area contributed by atoms with E-state index >= 15 is 0 Å². The van der Waals surface area contributed by atoms with Crippen molar-refractivity contribution in [3.05, 3.63) is 66.1 Å². The van der Waals surface area contributed by atoms with Gasteiger partial charge in [-0.15, -0.1) is 0 Å². The van der Waals surface area contributed by atoms with E-state index in [1.807, 2.05) is 23.1 Å². The summed E-state index contributed by atoms with van der Waals surface area (Å²) in [5, 5.41) is 15.0. The van der Waals surface area contributed by atoms with Crippen LogP contribution in [0.1, 0.15) is 29.6 Å². The molecule has 2 saturated heterocycles. The number of nitrogens with zero attached hydrogens (tertiary/aromatic N) is 7. The number of aromatic nitrogens is 5. The third-order valence-corrected chi connectivity index (χ3v) is 7.61. The first kappa shape index (κ1) is 24.1. The fourth-order valence-corrected chi connectivity index (χ4v) is 5.55. The van der Waals surface area contributed by atoms with Crippen LogP contribution in [-0.4, -0.2) is 72.7 Å². The van der Waals surface area contributed by atoms with Crippen LogP contribution < -0.4 is 0 Å². The summed E-state index contributed by atoms with van der Waals surface area (Å²) in [6.45, 7) is 1.99. The first-order valence-corrected chi connectivity index (χ1v) is 12.3. The number of fused-ring (bicyclic) bond motifs is 1. The molecule has 12 heteroatoms. The Hall–Kier alpha value is -4.24. The number of carbonyl (C=O) groups is 1. The Bertz CT molecular complexity index is 1560. The molecule has 0 atom stereocenters. The van der Waals surface area contributed by atoms with Crippen molar-refractivity contribution < 1.29 is 18.0 Å². The lowest BCUT2D eigenvalue weighted by Gasteiger charge is -2.53. The number of aromatic amines is 1. The van der Waals surface area contributed by atoms with Gasteiger partial charge in [0.05, 0.1) is 29.9 Å². The number of carbonyl (C=O) groups excluding carboxylic acids is 1. The highest BCUT2D eigenvalue weighted by atomic mass is 19.2. The van der Waals surface area contributed by atoms with E-state index in [1.165, 1.54) is 11.2 Å². The summed E-state index contributed by atoms with van der Waals surface area (Å²) in [5.74, 6) is -4.29. The van der Waals surface area contributed by atoms with Crippen molar-refractivity contribution in [3.63, 3.8) is 0 Å². The molecule has 9 nitrogen and oxygen atoms in total. The van der Waals surface area contributed by atoms with Gasteiger partial charge in [0, 0.05) is 61.6 Å². The largest absolute Gasteiger partial charge is 0.346 e. The van der Waals surface area contributed by atoms with Gasteiger partial charge in [0.25, 0.3) is 5.91 Å². The maximum Gasteiger partial charge on any atom is 0.256 e. The van der Waals surface area contributed by atoms with Crippen molar-refractivity contribution in [2.75, 3.05) is 26.2 Å². The van der Waals surface area contributed by atoms with Gasteiger partial charge in [-0.1, -0.05) is 0 Å². The number of rotatable bonds is 5. The molecule has 1 amide bonds. The van der Waals surface area contributed by atoms with Crippen molar-refractivity contribution in [1.82, 2.24) is 34.5 Å². The second-order valence-electron chi connectivity index (χ2n) is 9.87. The lowest BCUT2D eigenvalue weighted by molar-refractivity contribution is -0.0412. The Morgan fingerprint density at radius 2 is 1.89 bits per heavy atom. The molecule has 2 aliphatic rings. The highest BCUT2D eigenvalue weighted by molar-refractivity contribution is 5.94. The molecule has 2 aliphatic heterocycles. The van der Waals surface area contributed by atoms with Crippen LogP contribution in [0, 0.1) is 28.8 Å². The van der Waals surface area contributed by atoms with Crippen LogP contribution >= 0.6 is 0 Å². The molecule has 5 heterocycles. The maximum absolute atomic E-state index is 14.1. The monoisotopic (exact) mass is 520 g/mol. The minimum atomic E-state index is -1.32. The molecule has 6 rings (SSSR count). The summed E-state index contributed by atoms with van der Waals surface area (Å²) >= 11 is 0. The molecule has 0 spiro atoms. The average molecular weight is 521 g/mol. The van der Waals surface area contributed by atoms with Crippen molar-refractivity contribution in [2.24, 2.45) is 0 Å². The molecule has 4 aromatic rings. The third-order valence-electron chi connectivity index (χ3n) is 7.61. The second-order valence-corrected chi connectivity index (χ2v) is 9.87. The van der Waals surface area contributed by atoms with E-state index in [4.69, 9.17) is 0 Å². The number of H-pyrrole nitrogens is 1. The summed E-state index contributed by atoms with van der Waals surface area (Å²) in [6.07, 6.45) is 8.56. The standard InChI is InChI=1S/C26H23F3N8O/c27-20-10-22(29)21(28)9-19(20)25(38)35-7-2-17(3-8-35)36-13-26(14-36,4-5-30)37-12-16(11-34-37)23-18-1-6-31-24(18)33-15-32-23/h1,6,9-12,15,17H,2-4,7-8,13-14H2,(H,31,32,33). The Kier molecular flexibility index (Phi) is 5.87. The number of halogens is 3. The normalized spacial score (nSPS) is 17.9. The maximum atomic E-state index is 14.1. The summed E-state index contributed by atoms with van der Waals surface area (Å²) in [7, 11) is 0. The molecule has 0 radical (unpaired) electrons. The number of hydrogen-bond acceptors (Lipinski definition) is 6. The van der Waals surface area contributed by atoms with Crippen LogP contribution in [0.25, 0.3) is 22.3 Å². The van der Waals surface area contributed by atoms with Gasteiger partial charge in [-0.2, -0.15) is 10.4 Å². The molecule has 1 N–H and O–H groups in total. The fourth-order valence-electron chi connectivity index (χ4n) is 5.55. The first-order valence-electron chi connectivity index (χ1n) is 12.3. The molecule has 38 heavy (non-hydrogen) atoms. The smallest absolute Gasteiger partial charge is 0.256 e. The lowest BCUT2D eigenvalue weighted by atomic mass is 9.83. The van der Waals surface area contributed by atoms with Gasteiger partial charge in [-0.25, -0.2) is 23.1 Å². The van der Waals surface area contributed by atoms with Crippen LogP contribution in [0.4, 0.5) is 13.2 Å². The van der Waals surface area contributed by atoms with Gasteiger partial charge in [0.15, 0.2) is 11.6 Å². The molecule has 0 aliphatic carbocycles. The molecule has 0 bridgehead atoms. The number of nitrogens with one attached hydrogen (secondary N) is 1. The predicted molar refractivity (Wildman–Crippen MR) is 130 cm³/mol. The van der Waals surface area contributed by atoms with E-state index in [0.717, 1.165) is 22.3 Å². The first-order chi connectivity index (χ1) is 18.4. The minimum Gasteiger partial charge on any atom is -0.346 e. The molecular weight excluding hydrogens is 497 g/mol. The Balaban J connectivity index is 1.12. The van der Waals surface area contributed by atoms with E-state index < -0.39 is 34.5 Å². The van der Waals surface area contributed by atoms with Gasteiger partial charge in [0.2, 0.25) is 0 Å². The molecule has 2 fully saturated rings. The quantitative estimate of drug-likeness (QED) is 0.404. The van der Waals surface area contributed by atoms with Crippen LogP contribution in [0.5, 0.6) is 0 Å². The van der Waals surface area contributed by atoms with E-state index in [1.54, 1.807) is 6.20 Å². The van der Waals surface area contributed by atoms with Gasteiger partial charge in [-0.3, -0.25) is 14.4 Å². The van der Waals surface area contributed by atoms with Crippen LogP contribution in [-0.2, 0) is 5.54 Å². The number of hydrogen-bond donors (Lipinski definition) is 1. The molecule has 194 valence electrons. The summed E-state index contributed by atoms with van der Waals surface area (Å²) in [6, 6.07) is 5.40. The van der Waals surface area contributed by atoms with Crippen molar-refractivity contribution in [1.29, 1.82) is 5.26 Å². The SMILES string of the molecule is N#CCC1(n2cc(-c3ncnc4[nH]ccc34)cn2)CN(C2CCN(C(=O)c3cc(F)c(F)cc3F)CC2)C1. The highest BCUT2D eigenvalue weighted by Crippen LogP contribution is 2.37. The fraction of sp³-hybridized carbons (Fsp3) is 0.346. The lowest BCUT2D eigenvalue weighted by Crippen LogP contribution is -2.66. The Labute approximate surface area is 215 Å². The number of benzene rings is 1. The predicted octanol–water partition coefficient (Wildman–Crippen LogP) is 3.47. The van der Waals surface area contributed by atoms with Gasteiger partial charge in [0.1, 0.15) is 23.3 Å². The molecule has 3 aromatic heterocycles. The number of likely N-dealkylation sites (tertiary alicyclic amines) is 2. The van der Waals surface area contributed by atoms with Crippen LogP contribution in [0.2, 0.25) is 0 Å². The minimum absolute atomic E-state index is 0.178. The van der Waals surface area contributed by atoms with Crippen molar-refractivity contribution in [3.8, 4) is 17.3 Å². The second kappa shape index (κ2) is 9.25. The number of piperidine rings is 1. The van der Waals surface area contributed by atoms with Crippen LogP contribution in [0.15, 0.2) is 43.1 Å². The zero-order chi connectivity index (χ0) is 26.4. The van der Waals surface area contributed by atoms with Crippen LogP contribution in [0.3, 0.4) is 0 Å². The molecule has 0 unspecified atom stereocenters. The summed E-state index contributed by atoms with van der Waals surface area (Å²) < 4.78 is 42.8. The molecule has 0 saturated carbocycles. The zero-order valence-electron chi connectivity index (χ0n) is 20.2. The van der Waals surface area contributed by atoms with E-state index in [9.17, 15) is 23.2 Å². The van der Waals surface area contributed by atoms with Gasteiger partial charge < -0.3 is 9.88 Å². The average Bonchev–Trinajstić information content (AvgIpc) is 3.58. The molecular formula is C26H23F3N8O. The van der Waals surface area contributed by atoms with E-state index in [2.05, 4.69) is 31.0 Å². The number of amides is 1. The highest BCUT2D eigenvalue weighted by Gasteiger charge is 2.48. The number of nitriles is 1. The Morgan fingerprint density at radius 1 is 1.13 bits per heavy atom. The van der Waals surface area contributed by atoms with E-state index in [0.29, 0.717) is 57.6 Å². The Morgan fingerprint density at radius 3 is 2.66 bits per heavy atom. The van der Waals surface area contributed by atoms with Gasteiger partial charge >= 0.3 is 0 Å². The van der Waals surface area contributed by atoms with Crippen molar-refractivity contribution in [2.45, 2.75) is 30.8 Å². The zero-order valence-corrected chi connectivity index (χ0v) is 20.2. The molecule has 1 aromatic carbocycles. The summed E-state index contributed by atoms with van der Waals surface area (Å²) in [5.41, 5.74) is 1.40. The topological polar surface area (TPSA) is 107 Å².